The van der Waals surface area contributed by atoms with Crippen molar-refractivity contribution in [3.05, 3.63) is 78.0 Å². The second kappa shape index (κ2) is 11.7. The zero-order chi connectivity index (χ0) is 29.4. The number of benzene rings is 2. The molecule has 3 atom stereocenters. The minimum absolute atomic E-state index is 0.0266. The number of ketones is 1. The number of Topliss-reactive ketones (excluding diaryl/α,β-unsaturated/α-hetero) is 1. The number of aryl methyl sites for hydroxylation is 1. The fraction of sp³-hybridized carbons (Fsp3) is 0.406. The summed E-state index contributed by atoms with van der Waals surface area (Å²) in [5.41, 5.74) is 12.0. The van der Waals surface area contributed by atoms with Gasteiger partial charge in [0.25, 0.3) is 0 Å². The van der Waals surface area contributed by atoms with Crippen LogP contribution in [-0.2, 0) is 27.7 Å². The minimum Gasteiger partial charge on any atom is -0.389 e. The molecule has 0 amide bonds. The molecule has 1 saturated carbocycles. The van der Waals surface area contributed by atoms with Gasteiger partial charge in [0.15, 0.2) is 0 Å². The number of imidazole rings is 1. The number of piperidine rings is 2. The zero-order valence-electron chi connectivity index (χ0n) is 23.8. The van der Waals surface area contributed by atoms with Gasteiger partial charge in [-0.05, 0) is 61.3 Å². The molecular formula is C32H37N5O3S2. The van der Waals surface area contributed by atoms with Crippen molar-refractivity contribution in [1.29, 1.82) is 0 Å². The maximum atomic E-state index is 13.0. The highest BCUT2D eigenvalue weighted by Gasteiger charge is 2.45. The van der Waals surface area contributed by atoms with Gasteiger partial charge in [0.1, 0.15) is 10.8 Å². The lowest BCUT2D eigenvalue weighted by Gasteiger charge is -2.49. The second-order valence-corrected chi connectivity index (χ2v) is 14.2. The van der Waals surface area contributed by atoms with Crippen molar-refractivity contribution in [3.63, 3.8) is 0 Å². The first-order chi connectivity index (χ1) is 20.2. The van der Waals surface area contributed by atoms with E-state index in [2.05, 4.69) is 45.0 Å². The Morgan fingerprint density at radius 1 is 1.19 bits per heavy atom. The highest BCUT2D eigenvalue weighted by atomic mass is 32.2. The maximum absolute atomic E-state index is 13.0. The molecule has 3 aliphatic rings. The Labute approximate surface area is 252 Å². The first-order valence-corrected chi connectivity index (χ1v) is 16.8. The number of nitrogens with zero attached hydrogens (tertiary/aromatic N) is 3. The summed E-state index contributed by atoms with van der Waals surface area (Å²) >= 11 is 5.26. The number of fused-ring (bicyclic) bond motifs is 4. The van der Waals surface area contributed by atoms with E-state index in [0.717, 1.165) is 58.1 Å². The van der Waals surface area contributed by atoms with E-state index >= 15 is 0 Å². The Morgan fingerprint density at radius 3 is 2.76 bits per heavy atom. The van der Waals surface area contributed by atoms with Crippen LogP contribution in [0.3, 0.4) is 0 Å². The van der Waals surface area contributed by atoms with Gasteiger partial charge in [-0.2, -0.15) is 4.31 Å². The van der Waals surface area contributed by atoms with Crippen molar-refractivity contribution in [3.8, 4) is 11.1 Å². The summed E-state index contributed by atoms with van der Waals surface area (Å²) < 4.78 is 30.3. The molecule has 3 unspecified atom stereocenters. The topological polar surface area (TPSA) is 114 Å². The number of nitrogens with two attached hydrogens (primary N) is 1. The molecule has 42 heavy (non-hydrogen) atoms. The number of carbonyl (C=O) groups excluding carboxylic acids is 1. The van der Waals surface area contributed by atoms with Crippen molar-refractivity contribution in [2.24, 2.45) is 11.7 Å². The quantitative estimate of drug-likeness (QED) is 0.229. The van der Waals surface area contributed by atoms with Gasteiger partial charge in [0, 0.05) is 71.6 Å². The highest BCUT2D eigenvalue weighted by Crippen LogP contribution is 2.46. The third-order valence-electron chi connectivity index (χ3n) is 8.92. The lowest BCUT2D eigenvalue weighted by atomic mass is 9.77. The number of rotatable bonds is 11. The number of hydrogen-bond donors (Lipinski definition) is 2. The third-order valence-corrected chi connectivity index (χ3v) is 11.2. The van der Waals surface area contributed by atoms with E-state index in [0.29, 0.717) is 37.2 Å². The maximum Gasteiger partial charge on any atom is 0.214 e. The van der Waals surface area contributed by atoms with Gasteiger partial charge in [-0.25, -0.2) is 13.4 Å². The monoisotopic (exact) mass is 603 g/mol. The van der Waals surface area contributed by atoms with Crippen LogP contribution in [0, 0.1) is 5.92 Å². The number of hydrogen-bond acceptors (Lipinski definition) is 5. The van der Waals surface area contributed by atoms with Crippen molar-refractivity contribution < 1.29 is 13.2 Å². The summed E-state index contributed by atoms with van der Waals surface area (Å²) in [6.07, 6.45) is 10.3. The molecule has 3 N–H and O–H groups in total. The fourth-order valence-electron chi connectivity index (χ4n) is 6.86. The molecule has 4 aromatic rings. The van der Waals surface area contributed by atoms with Gasteiger partial charge >= 0.3 is 0 Å². The van der Waals surface area contributed by atoms with Gasteiger partial charge in [0.2, 0.25) is 10.0 Å². The molecule has 2 aromatic heterocycles. The number of sulfonamides is 1. The highest BCUT2D eigenvalue weighted by molar-refractivity contribution is 7.89. The molecule has 7 rings (SSSR count). The molecule has 4 heterocycles. The molecule has 10 heteroatoms. The predicted octanol–water partition coefficient (Wildman–Crippen LogP) is 5.18. The predicted molar refractivity (Wildman–Crippen MR) is 170 cm³/mol. The molecule has 8 nitrogen and oxygen atoms in total. The zero-order valence-corrected chi connectivity index (χ0v) is 25.5. The van der Waals surface area contributed by atoms with Crippen molar-refractivity contribution in [2.45, 2.75) is 64.0 Å². The van der Waals surface area contributed by atoms with Gasteiger partial charge in [-0.1, -0.05) is 49.5 Å². The van der Waals surface area contributed by atoms with Crippen LogP contribution >= 0.6 is 12.2 Å². The smallest absolute Gasteiger partial charge is 0.214 e. The van der Waals surface area contributed by atoms with E-state index in [9.17, 15) is 13.2 Å². The summed E-state index contributed by atoms with van der Waals surface area (Å²) in [6, 6.07) is 14.7. The molecule has 3 fully saturated rings. The Kier molecular flexibility index (Phi) is 8.04. The first kappa shape index (κ1) is 28.8. The summed E-state index contributed by atoms with van der Waals surface area (Å²) in [4.78, 5) is 20.0. The summed E-state index contributed by atoms with van der Waals surface area (Å²) in [6.45, 7) is 2.50. The van der Waals surface area contributed by atoms with E-state index in [1.165, 1.54) is 0 Å². The SMILES string of the molecule is CCCS(=O)(=O)N1CC2CCC1CC2n1cc(-c2cccc(C(N)=S)c2)c2ccc(CCC(=O)Cc3cnc[nH]3)cc21. The number of aromatic amines is 1. The summed E-state index contributed by atoms with van der Waals surface area (Å²) in [5.74, 6) is 0.620. The molecular weight excluding hydrogens is 567 g/mol. The Morgan fingerprint density at radius 2 is 2.05 bits per heavy atom. The van der Waals surface area contributed by atoms with Crippen LogP contribution in [0.2, 0.25) is 0 Å². The van der Waals surface area contributed by atoms with Gasteiger partial charge in [-0.3, -0.25) is 4.79 Å². The van der Waals surface area contributed by atoms with Crippen LogP contribution in [-0.4, -0.2) is 56.4 Å². The van der Waals surface area contributed by atoms with Crippen LogP contribution < -0.4 is 5.73 Å². The van der Waals surface area contributed by atoms with Crippen LogP contribution in [0.4, 0.5) is 0 Å². The average Bonchev–Trinajstić information content (AvgIpc) is 3.64. The Balaban J connectivity index is 1.35. The van der Waals surface area contributed by atoms with E-state index in [1.807, 2.05) is 25.1 Å². The van der Waals surface area contributed by atoms with Crippen LogP contribution in [0.25, 0.3) is 22.0 Å². The van der Waals surface area contributed by atoms with Crippen LogP contribution in [0.15, 0.2) is 61.2 Å². The number of aromatic nitrogens is 3. The Hall–Kier alpha value is -3.34. The number of nitrogens with one attached hydrogen (secondary N) is 1. The molecule has 1 aliphatic carbocycles. The molecule has 2 bridgehead atoms. The Bertz CT molecular complexity index is 1730. The van der Waals surface area contributed by atoms with E-state index in [-0.39, 0.29) is 29.5 Å². The standard InChI is InChI=1S/C32H37N5O3S2/c1-2-12-42(39,40)37-18-24-8-9-26(37)16-30(24)36-19-29(22-4-3-5-23(14-22)32(33)41)28-11-7-21(13-31(28)36)6-10-27(38)15-25-17-34-20-35-25/h3-5,7,11,13-14,17,19-20,24,26,30H,2,6,8-10,12,15-16,18H2,1H3,(H2,33,41)(H,34,35). The van der Waals surface area contributed by atoms with Crippen molar-refractivity contribution in [2.75, 3.05) is 12.3 Å². The summed E-state index contributed by atoms with van der Waals surface area (Å²) in [7, 11) is -3.24. The van der Waals surface area contributed by atoms with E-state index in [4.69, 9.17) is 18.0 Å². The van der Waals surface area contributed by atoms with Gasteiger partial charge in [-0.15, -0.1) is 0 Å². The van der Waals surface area contributed by atoms with Gasteiger partial charge < -0.3 is 15.3 Å². The molecule has 2 aliphatic heterocycles. The van der Waals surface area contributed by atoms with Crippen LogP contribution in [0.1, 0.15) is 61.9 Å². The normalized spacial score (nSPS) is 20.7. The van der Waals surface area contributed by atoms with Gasteiger partial charge in [0.05, 0.1) is 12.1 Å². The van der Waals surface area contributed by atoms with Crippen molar-refractivity contribution >= 4 is 43.9 Å². The molecule has 220 valence electrons. The third kappa shape index (κ3) is 5.67. The molecule has 0 radical (unpaired) electrons. The lowest BCUT2D eigenvalue weighted by molar-refractivity contribution is -0.118. The number of H-pyrrole nitrogens is 1. The first-order valence-electron chi connectivity index (χ1n) is 14.8. The molecule has 2 saturated heterocycles. The summed E-state index contributed by atoms with van der Waals surface area (Å²) in [5, 5.41) is 1.12. The molecule has 0 spiro atoms. The van der Waals surface area contributed by atoms with E-state index < -0.39 is 10.0 Å². The lowest BCUT2D eigenvalue weighted by Crippen LogP contribution is -2.54. The number of carbonyl (C=O) groups is 1. The van der Waals surface area contributed by atoms with E-state index in [1.54, 1.807) is 16.8 Å². The van der Waals surface area contributed by atoms with Crippen molar-refractivity contribution in [1.82, 2.24) is 18.8 Å². The largest absolute Gasteiger partial charge is 0.389 e. The average molecular weight is 604 g/mol. The van der Waals surface area contributed by atoms with Crippen LogP contribution in [0.5, 0.6) is 0 Å². The second-order valence-electron chi connectivity index (χ2n) is 11.7. The number of thiocarbonyl (C=S) groups is 1. The minimum atomic E-state index is -3.24. The molecule has 2 aromatic carbocycles. The fourth-order valence-corrected chi connectivity index (χ4v) is 8.80.